The van der Waals surface area contributed by atoms with E-state index in [2.05, 4.69) is 11.1 Å². The number of H-pyrrole nitrogens is 1. The van der Waals surface area contributed by atoms with Crippen LogP contribution >= 0.6 is 0 Å². The number of amides is 2. The lowest BCUT2D eigenvalue weighted by Crippen LogP contribution is -2.67. The third kappa shape index (κ3) is 2.84. The number of hydrogen-bond donors (Lipinski definition) is 1. The minimum atomic E-state index is -0.976. The lowest BCUT2D eigenvalue weighted by molar-refractivity contribution is -0.165. The van der Waals surface area contributed by atoms with Crippen LogP contribution in [0.2, 0.25) is 0 Å². The second kappa shape index (κ2) is 7.18. The van der Waals surface area contributed by atoms with Gasteiger partial charge in [0, 0.05) is 24.0 Å². The first-order valence-electron chi connectivity index (χ1n) is 11.0. The van der Waals surface area contributed by atoms with Crippen molar-refractivity contribution in [3.05, 3.63) is 41.1 Å². The highest BCUT2D eigenvalue weighted by molar-refractivity contribution is 6.00. The average molecular weight is 408 g/mol. The minimum Gasteiger partial charge on any atom is -0.497 e. The molecule has 1 N–H and O–H groups in total. The molecule has 158 valence electrons. The number of nitrogens with one attached hydrogen (secondary N) is 1. The molecular formula is C24H29N3O3. The fraction of sp³-hybridized carbons (Fsp3) is 0.500. The summed E-state index contributed by atoms with van der Waals surface area (Å²) in [4.78, 5) is 33.8. The Balaban J connectivity index is 1.50. The molecule has 1 atom stereocenters. The van der Waals surface area contributed by atoms with Gasteiger partial charge in [0.25, 0.3) is 5.91 Å². The number of fused-ring (bicyclic) bond motifs is 5. The minimum absolute atomic E-state index is 0.0259. The Morgan fingerprint density at radius 2 is 2.07 bits per heavy atom. The molecule has 1 saturated heterocycles. The van der Waals surface area contributed by atoms with Gasteiger partial charge in [-0.15, -0.1) is 0 Å². The Bertz CT molecular complexity index is 1050. The number of benzene rings is 1. The summed E-state index contributed by atoms with van der Waals surface area (Å²) in [7, 11) is 1.66. The van der Waals surface area contributed by atoms with E-state index in [9.17, 15) is 9.59 Å². The Kier molecular flexibility index (Phi) is 4.60. The fourth-order valence-electron chi connectivity index (χ4n) is 5.43. The van der Waals surface area contributed by atoms with Crippen LogP contribution in [0.3, 0.4) is 0 Å². The van der Waals surface area contributed by atoms with Crippen LogP contribution in [-0.2, 0) is 21.5 Å². The molecule has 1 fully saturated rings. The van der Waals surface area contributed by atoms with E-state index in [1.807, 2.05) is 25.1 Å². The summed E-state index contributed by atoms with van der Waals surface area (Å²) in [6.45, 7) is 3.27. The number of aromatic amines is 1. The highest BCUT2D eigenvalue weighted by Crippen LogP contribution is 2.42. The van der Waals surface area contributed by atoms with Crippen LogP contribution in [0, 0.1) is 0 Å². The monoisotopic (exact) mass is 407 g/mol. The van der Waals surface area contributed by atoms with Gasteiger partial charge in [-0.3, -0.25) is 9.59 Å². The van der Waals surface area contributed by atoms with Crippen LogP contribution in [0.4, 0.5) is 0 Å². The SMILES string of the molecule is COc1ccc2[nH]c3c(c2c1)CCN1C(=O)CN(CCC2=CCCCC2)C(=O)[C@]31C. The summed E-state index contributed by atoms with van der Waals surface area (Å²) >= 11 is 0. The van der Waals surface area contributed by atoms with E-state index < -0.39 is 5.54 Å². The number of methoxy groups -OCH3 is 1. The zero-order valence-corrected chi connectivity index (χ0v) is 17.8. The van der Waals surface area contributed by atoms with Crippen molar-refractivity contribution in [3.8, 4) is 5.75 Å². The first-order chi connectivity index (χ1) is 14.5. The number of carbonyl (C=O) groups excluding carboxylic acids is 2. The Hall–Kier alpha value is -2.76. The molecule has 0 saturated carbocycles. The van der Waals surface area contributed by atoms with Crippen molar-refractivity contribution >= 4 is 22.7 Å². The Morgan fingerprint density at radius 3 is 2.83 bits per heavy atom. The van der Waals surface area contributed by atoms with Crippen molar-refractivity contribution in [1.82, 2.24) is 14.8 Å². The summed E-state index contributed by atoms with van der Waals surface area (Å²) < 4.78 is 5.40. The van der Waals surface area contributed by atoms with E-state index in [0.29, 0.717) is 13.1 Å². The summed E-state index contributed by atoms with van der Waals surface area (Å²) in [5.41, 5.74) is 3.41. The number of allylic oxidation sites excluding steroid dienone is 1. The highest BCUT2D eigenvalue weighted by Gasteiger charge is 2.53. The van der Waals surface area contributed by atoms with Gasteiger partial charge in [0.1, 0.15) is 5.75 Å². The molecule has 0 radical (unpaired) electrons. The zero-order chi connectivity index (χ0) is 20.9. The maximum Gasteiger partial charge on any atom is 0.254 e. The van der Waals surface area contributed by atoms with E-state index in [1.54, 1.807) is 16.9 Å². The molecule has 2 aliphatic heterocycles. The number of carbonyl (C=O) groups is 2. The first-order valence-corrected chi connectivity index (χ1v) is 11.0. The van der Waals surface area contributed by atoms with E-state index in [0.717, 1.165) is 53.6 Å². The largest absolute Gasteiger partial charge is 0.497 e. The van der Waals surface area contributed by atoms with Gasteiger partial charge < -0.3 is 19.5 Å². The maximum absolute atomic E-state index is 13.7. The molecule has 30 heavy (non-hydrogen) atoms. The molecule has 2 amide bonds. The Morgan fingerprint density at radius 1 is 1.20 bits per heavy atom. The van der Waals surface area contributed by atoms with Gasteiger partial charge in [-0.2, -0.15) is 0 Å². The van der Waals surface area contributed by atoms with Crippen LogP contribution < -0.4 is 4.74 Å². The van der Waals surface area contributed by atoms with E-state index in [-0.39, 0.29) is 18.4 Å². The number of rotatable bonds is 4. The molecule has 1 aromatic carbocycles. The summed E-state index contributed by atoms with van der Waals surface area (Å²) in [5, 5.41) is 1.08. The van der Waals surface area contributed by atoms with Gasteiger partial charge in [-0.05, 0) is 69.2 Å². The van der Waals surface area contributed by atoms with Gasteiger partial charge in [-0.25, -0.2) is 0 Å². The van der Waals surface area contributed by atoms with Gasteiger partial charge in [0.15, 0.2) is 5.54 Å². The molecule has 3 heterocycles. The second-order valence-corrected chi connectivity index (χ2v) is 8.84. The van der Waals surface area contributed by atoms with Crippen LogP contribution in [-0.4, -0.2) is 53.3 Å². The molecule has 1 aliphatic carbocycles. The molecule has 0 bridgehead atoms. The molecule has 0 unspecified atom stereocenters. The quantitative estimate of drug-likeness (QED) is 0.789. The summed E-state index contributed by atoms with van der Waals surface area (Å²) in [6.07, 6.45) is 8.66. The smallest absolute Gasteiger partial charge is 0.254 e. The first kappa shape index (κ1) is 19.2. The zero-order valence-electron chi connectivity index (χ0n) is 17.8. The normalized spacial score (nSPS) is 24.0. The molecule has 2 aromatic rings. The topological polar surface area (TPSA) is 65.6 Å². The lowest BCUT2D eigenvalue weighted by atomic mass is 9.83. The van der Waals surface area contributed by atoms with Crippen molar-refractivity contribution < 1.29 is 14.3 Å². The van der Waals surface area contributed by atoms with Crippen LogP contribution in [0.1, 0.15) is 50.3 Å². The molecule has 6 nitrogen and oxygen atoms in total. The number of piperazine rings is 1. The maximum atomic E-state index is 13.7. The predicted octanol–water partition coefficient (Wildman–Crippen LogP) is 3.51. The predicted molar refractivity (Wildman–Crippen MR) is 115 cm³/mol. The van der Waals surface area contributed by atoms with Crippen molar-refractivity contribution in [1.29, 1.82) is 0 Å². The number of aromatic nitrogens is 1. The standard InChI is InChI=1S/C24H29N3O3/c1-24-22-18(19-14-17(30-2)8-9-20(19)25-22)11-13-27(24)21(28)15-26(23(24)29)12-10-16-6-4-3-5-7-16/h6,8-9,14,25H,3-5,7,10-13,15H2,1-2H3/t24-/m0/s1. The molecule has 3 aliphatic rings. The van der Waals surface area contributed by atoms with E-state index in [1.165, 1.54) is 18.4 Å². The highest BCUT2D eigenvalue weighted by atomic mass is 16.5. The van der Waals surface area contributed by atoms with E-state index >= 15 is 0 Å². The molecule has 5 rings (SSSR count). The summed E-state index contributed by atoms with van der Waals surface area (Å²) in [5.74, 6) is 0.861. The third-order valence-electron chi connectivity index (χ3n) is 7.14. The van der Waals surface area contributed by atoms with Crippen molar-refractivity contribution in [2.45, 2.75) is 51.0 Å². The van der Waals surface area contributed by atoms with Crippen LogP contribution in [0.25, 0.3) is 10.9 Å². The third-order valence-corrected chi connectivity index (χ3v) is 7.14. The molecule has 1 aromatic heterocycles. The number of hydrogen-bond acceptors (Lipinski definition) is 3. The van der Waals surface area contributed by atoms with Gasteiger partial charge in [0.05, 0.1) is 19.3 Å². The van der Waals surface area contributed by atoms with Gasteiger partial charge in [0.2, 0.25) is 5.91 Å². The molecule has 6 heteroatoms. The van der Waals surface area contributed by atoms with Crippen molar-refractivity contribution in [3.63, 3.8) is 0 Å². The summed E-state index contributed by atoms with van der Waals surface area (Å²) in [6, 6.07) is 5.93. The molecular weight excluding hydrogens is 378 g/mol. The van der Waals surface area contributed by atoms with Gasteiger partial charge in [-0.1, -0.05) is 11.6 Å². The number of nitrogens with zero attached hydrogens (tertiary/aromatic N) is 2. The average Bonchev–Trinajstić information content (AvgIpc) is 3.15. The lowest BCUT2D eigenvalue weighted by Gasteiger charge is -2.49. The molecule has 0 spiro atoms. The fourth-order valence-corrected chi connectivity index (χ4v) is 5.43. The Labute approximate surface area is 176 Å². The van der Waals surface area contributed by atoms with Gasteiger partial charge >= 0.3 is 0 Å². The van der Waals surface area contributed by atoms with Crippen molar-refractivity contribution in [2.24, 2.45) is 0 Å². The van der Waals surface area contributed by atoms with E-state index in [4.69, 9.17) is 4.74 Å². The van der Waals surface area contributed by atoms with Crippen molar-refractivity contribution in [2.75, 3.05) is 26.7 Å². The van der Waals surface area contributed by atoms with Crippen LogP contribution in [0.5, 0.6) is 5.75 Å². The van der Waals surface area contributed by atoms with Crippen LogP contribution in [0.15, 0.2) is 29.8 Å². The second-order valence-electron chi connectivity index (χ2n) is 8.84. The number of ether oxygens (including phenoxy) is 1.